The molecule has 0 aliphatic heterocycles. The van der Waals surface area contributed by atoms with Crippen LogP contribution in [0.3, 0.4) is 0 Å². The molecule has 6 heteroatoms. The largest absolute Gasteiger partial charge is 0.493 e. The van der Waals surface area contributed by atoms with E-state index >= 15 is 0 Å². The summed E-state index contributed by atoms with van der Waals surface area (Å²) in [6.07, 6.45) is 4.19. The first-order valence-electron chi connectivity index (χ1n) is 11.8. The van der Waals surface area contributed by atoms with Crippen LogP contribution in [0.2, 0.25) is 0 Å². The molecule has 0 saturated carbocycles. The van der Waals surface area contributed by atoms with Gasteiger partial charge >= 0.3 is 0 Å². The summed E-state index contributed by atoms with van der Waals surface area (Å²) in [5.74, 6) is 1.80. The standard InChI is InChI=1S/C27H35NO5/c1-5-15-28(16-6-2)17-9-10-18-32-27-25(29)21-11-7-8-12-22(21)33-26(27)20-13-14-23(30-3)24(19-20)31-4/h7-8,11-14,19H,5-6,9-10,15-18H2,1-4H3. The molecule has 0 spiro atoms. The van der Waals surface area contributed by atoms with E-state index in [2.05, 4.69) is 18.7 Å². The molecule has 1 aromatic heterocycles. The maximum Gasteiger partial charge on any atom is 0.235 e. The zero-order valence-corrected chi connectivity index (χ0v) is 20.2. The summed E-state index contributed by atoms with van der Waals surface area (Å²) in [4.78, 5) is 15.8. The van der Waals surface area contributed by atoms with Gasteiger partial charge in [0.15, 0.2) is 17.3 Å². The summed E-state index contributed by atoms with van der Waals surface area (Å²) in [7, 11) is 3.17. The highest BCUT2D eigenvalue weighted by atomic mass is 16.5. The average molecular weight is 454 g/mol. The number of methoxy groups -OCH3 is 2. The van der Waals surface area contributed by atoms with Gasteiger partial charge in [0.05, 0.1) is 26.2 Å². The Hall–Kier alpha value is -2.99. The molecular formula is C27H35NO5. The van der Waals surface area contributed by atoms with Gasteiger partial charge in [-0.2, -0.15) is 0 Å². The number of rotatable bonds is 13. The van der Waals surface area contributed by atoms with E-state index in [9.17, 15) is 4.79 Å². The van der Waals surface area contributed by atoms with Crippen LogP contribution >= 0.6 is 0 Å². The molecule has 0 amide bonds. The Morgan fingerprint density at radius 2 is 1.61 bits per heavy atom. The van der Waals surface area contributed by atoms with E-state index in [1.165, 1.54) is 0 Å². The number of para-hydroxylation sites is 1. The van der Waals surface area contributed by atoms with Gasteiger partial charge in [0.25, 0.3) is 0 Å². The van der Waals surface area contributed by atoms with Crippen molar-refractivity contribution in [2.24, 2.45) is 0 Å². The van der Waals surface area contributed by atoms with Crippen molar-refractivity contribution >= 4 is 11.0 Å². The Morgan fingerprint density at radius 1 is 0.879 bits per heavy atom. The Labute approximate surface area is 196 Å². The lowest BCUT2D eigenvalue weighted by Crippen LogP contribution is -2.26. The average Bonchev–Trinajstić information content (AvgIpc) is 2.84. The molecule has 0 unspecified atom stereocenters. The van der Waals surface area contributed by atoms with E-state index in [1.54, 1.807) is 38.5 Å². The second-order valence-corrected chi connectivity index (χ2v) is 8.05. The molecule has 0 radical (unpaired) electrons. The molecule has 0 saturated heterocycles. The molecule has 0 bridgehead atoms. The number of ether oxygens (including phenoxy) is 3. The van der Waals surface area contributed by atoms with Gasteiger partial charge in [-0.25, -0.2) is 0 Å². The predicted octanol–water partition coefficient (Wildman–Crippen LogP) is 5.76. The summed E-state index contributed by atoms with van der Waals surface area (Å²) in [5, 5.41) is 0.508. The third kappa shape index (κ3) is 6.08. The zero-order chi connectivity index (χ0) is 23.6. The van der Waals surface area contributed by atoms with Crippen molar-refractivity contribution in [2.75, 3.05) is 40.5 Å². The van der Waals surface area contributed by atoms with Gasteiger partial charge < -0.3 is 23.5 Å². The van der Waals surface area contributed by atoms with Crippen LogP contribution in [-0.2, 0) is 0 Å². The fourth-order valence-corrected chi connectivity index (χ4v) is 4.00. The molecule has 0 fully saturated rings. The molecule has 33 heavy (non-hydrogen) atoms. The summed E-state index contributed by atoms with van der Waals surface area (Å²) < 4.78 is 23.0. The van der Waals surface area contributed by atoms with E-state index in [0.29, 0.717) is 40.4 Å². The van der Waals surface area contributed by atoms with E-state index < -0.39 is 0 Å². The SMILES string of the molecule is CCCN(CCC)CCCCOc1c(-c2ccc(OC)c(OC)c2)oc2ccccc2c1=O. The Morgan fingerprint density at radius 3 is 2.30 bits per heavy atom. The maximum atomic E-state index is 13.3. The van der Waals surface area contributed by atoms with Crippen molar-refractivity contribution in [3.05, 3.63) is 52.7 Å². The van der Waals surface area contributed by atoms with Gasteiger partial charge in [-0.15, -0.1) is 0 Å². The van der Waals surface area contributed by atoms with E-state index in [1.807, 2.05) is 18.2 Å². The summed E-state index contributed by atoms with van der Waals surface area (Å²) in [6.45, 7) is 8.15. The fourth-order valence-electron chi connectivity index (χ4n) is 4.00. The lowest BCUT2D eigenvalue weighted by atomic mass is 10.1. The predicted molar refractivity (Wildman–Crippen MR) is 133 cm³/mol. The number of hydrogen-bond donors (Lipinski definition) is 0. The van der Waals surface area contributed by atoms with Crippen LogP contribution in [0.15, 0.2) is 51.7 Å². The second-order valence-electron chi connectivity index (χ2n) is 8.05. The Bertz CT molecular complexity index is 1090. The first-order valence-corrected chi connectivity index (χ1v) is 11.8. The molecule has 0 atom stereocenters. The quantitative estimate of drug-likeness (QED) is 0.307. The first kappa shape index (κ1) is 24.6. The smallest absolute Gasteiger partial charge is 0.235 e. The normalized spacial score (nSPS) is 11.2. The molecule has 0 N–H and O–H groups in total. The van der Waals surface area contributed by atoms with Crippen LogP contribution in [0.4, 0.5) is 0 Å². The van der Waals surface area contributed by atoms with Crippen molar-refractivity contribution in [2.45, 2.75) is 39.5 Å². The van der Waals surface area contributed by atoms with E-state index in [4.69, 9.17) is 18.6 Å². The molecule has 3 aromatic rings. The second kappa shape index (κ2) is 12.3. The first-order chi connectivity index (χ1) is 16.1. The van der Waals surface area contributed by atoms with Crippen molar-refractivity contribution in [3.8, 4) is 28.6 Å². The van der Waals surface area contributed by atoms with Gasteiger partial charge in [-0.1, -0.05) is 26.0 Å². The van der Waals surface area contributed by atoms with Crippen LogP contribution < -0.4 is 19.6 Å². The lowest BCUT2D eigenvalue weighted by Gasteiger charge is -2.20. The van der Waals surface area contributed by atoms with Gasteiger partial charge in [-0.05, 0) is 75.6 Å². The Kier molecular flexibility index (Phi) is 9.19. The molecule has 6 nitrogen and oxygen atoms in total. The Balaban J connectivity index is 1.85. The minimum atomic E-state index is -0.166. The van der Waals surface area contributed by atoms with Gasteiger partial charge in [0, 0.05) is 5.56 Å². The van der Waals surface area contributed by atoms with Crippen molar-refractivity contribution in [1.82, 2.24) is 4.90 Å². The molecule has 178 valence electrons. The minimum absolute atomic E-state index is 0.166. The molecule has 2 aromatic carbocycles. The van der Waals surface area contributed by atoms with Crippen molar-refractivity contribution in [3.63, 3.8) is 0 Å². The maximum absolute atomic E-state index is 13.3. The monoisotopic (exact) mass is 453 g/mol. The summed E-state index contributed by atoms with van der Waals surface area (Å²) in [5.41, 5.74) is 1.05. The molecule has 0 aliphatic rings. The summed E-state index contributed by atoms with van der Waals surface area (Å²) in [6, 6.07) is 12.7. The van der Waals surface area contributed by atoms with E-state index in [0.717, 1.165) is 45.3 Å². The van der Waals surface area contributed by atoms with Crippen LogP contribution in [0.1, 0.15) is 39.5 Å². The van der Waals surface area contributed by atoms with Crippen LogP contribution in [0.25, 0.3) is 22.3 Å². The topological polar surface area (TPSA) is 61.1 Å². The zero-order valence-electron chi connectivity index (χ0n) is 20.2. The summed E-state index contributed by atoms with van der Waals surface area (Å²) >= 11 is 0. The molecule has 3 rings (SSSR count). The fraction of sp³-hybridized carbons (Fsp3) is 0.444. The van der Waals surface area contributed by atoms with Gasteiger partial charge in [-0.3, -0.25) is 4.79 Å². The van der Waals surface area contributed by atoms with Crippen LogP contribution in [0, 0.1) is 0 Å². The number of benzene rings is 2. The number of fused-ring (bicyclic) bond motifs is 1. The number of nitrogens with zero attached hydrogens (tertiary/aromatic N) is 1. The highest BCUT2D eigenvalue weighted by Gasteiger charge is 2.19. The third-order valence-corrected chi connectivity index (χ3v) is 5.60. The molecule has 1 heterocycles. The highest BCUT2D eigenvalue weighted by molar-refractivity contribution is 5.82. The third-order valence-electron chi connectivity index (χ3n) is 5.60. The van der Waals surface area contributed by atoms with Crippen molar-refractivity contribution < 1.29 is 18.6 Å². The van der Waals surface area contributed by atoms with Gasteiger partial charge in [0.2, 0.25) is 11.2 Å². The lowest BCUT2D eigenvalue weighted by molar-refractivity contribution is 0.248. The minimum Gasteiger partial charge on any atom is -0.493 e. The van der Waals surface area contributed by atoms with Crippen molar-refractivity contribution in [1.29, 1.82) is 0 Å². The number of hydrogen-bond acceptors (Lipinski definition) is 6. The number of unbranched alkanes of at least 4 members (excludes halogenated alkanes) is 1. The van der Waals surface area contributed by atoms with E-state index in [-0.39, 0.29) is 11.2 Å². The molecular weight excluding hydrogens is 418 g/mol. The van der Waals surface area contributed by atoms with Crippen LogP contribution in [0.5, 0.6) is 17.2 Å². The highest BCUT2D eigenvalue weighted by Crippen LogP contribution is 2.36. The van der Waals surface area contributed by atoms with Crippen LogP contribution in [-0.4, -0.2) is 45.4 Å². The van der Waals surface area contributed by atoms with Gasteiger partial charge in [0.1, 0.15) is 5.58 Å². The molecule has 0 aliphatic carbocycles.